The van der Waals surface area contributed by atoms with Crippen LogP contribution in [0.4, 0.5) is 4.39 Å². The molecule has 1 fully saturated rings. The zero-order valence-corrected chi connectivity index (χ0v) is 11.5. The molecule has 96 valence electrons. The van der Waals surface area contributed by atoms with E-state index in [-0.39, 0.29) is 5.56 Å². The van der Waals surface area contributed by atoms with Crippen LogP contribution < -0.4 is 0 Å². The minimum atomic E-state index is -0.419. The van der Waals surface area contributed by atoms with Crippen LogP contribution in [0.25, 0.3) is 0 Å². The molecule has 2 atom stereocenters. The standard InChI is InChI=1S/C15H18FNS/c1-11-3-2-4-14(7-11)18-10-12-5-6-15(16)13(8-12)9-17/h5-6,8,11,14H,2-4,7,10H2,1H3. The highest BCUT2D eigenvalue weighted by molar-refractivity contribution is 7.99. The largest absolute Gasteiger partial charge is 0.206 e. The Hall–Kier alpha value is -1.01. The van der Waals surface area contributed by atoms with Gasteiger partial charge in [0.05, 0.1) is 5.56 Å². The van der Waals surface area contributed by atoms with Crippen LogP contribution >= 0.6 is 11.8 Å². The van der Waals surface area contributed by atoms with E-state index in [4.69, 9.17) is 5.26 Å². The van der Waals surface area contributed by atoms with Gasteiger partial charge in [-0.1, -0.05) is 25.8 Å². The molecule has 1 aromatic rings. The van der Waals surface area contributed by atoms with Crippen molar-refractivity contribution in [1.29, 1.82) is 5.26 Å². The lowest BCUT2D eigenvalue weighted by Gasteiger charge is -2.26. The average molecular weight is 263 g/mol. The van der Waals surface area contributed by atoms with Crippen LogP contribution in [-0.2, 0) is 5.75 Å². The predicted molar refractivity (Wildman–Crippen MR) is 73.8 cm³/mol. The summed E-state index contributed by atoms with van der Waals surface area (Å²) in [6.45, 7) is 2.32. The summed E-state index contributed by atoms with van der Waals surface area (Å²) in [7, 11) is 0. The Kier molecular flexibility index (Phi) is 4.66. The second kappa shape index (κ2) is 6.24. The van der Waals surface area contributed by atoms with Crippen LogP contribution in [0.1, 0.15) is 43.7 Å². The van der Waals surface area contributed by atoms with E-state index in [2.05, 4.69) is 6.92 Å². The maximum Gasteiger partial charge on any atom is 0.140 e. The summed E-state index contributed by atoms with van der Waals surface area (Å²) in [5, 5.41) is 9.52. The number of nitrogens with zero attached hydrogens (tertiary/aromatic N) is 1. The molecule has 0 heterocycles. The summed E-state index contributed by atoms with van der Waals surface area (Å²) >= 11 is 1.95. The van der Waals surface area contributed by atoms with E-state index in [1.54, 1.807) is 12.1 Å². The lowest BCUT2D eigenvalue weighted by molar-refractivity contribution is 0.394. The number of hydrogen-bond acceptors (Lipinski definition) is 2. The molecule has 0 aliphatic heterocycles. The number of hydrogen-bond donors (Lipinski definition) is 0. The fourth-order valence-corrected chi connectivity index (χ4v) is 3.90. The van der Waals surface area contributed by atoms with Crippen molar-refractivity contribution in [3.8, 4) is 6.07 Å². The zero-order valence-electron chi connectivity index (χ0n) is 10.7. The van der Waals surface area contributed by atoms with Gasteiger partial charge in [-0.3, -0.25) is 0 Å². The van der Waals surface area contributed by atoms with E-state index in [9.17, 15) is 4.39 Å². The predicted octanol–water partition coefficient (Wildman–Crippen LogP) is 4.51. The third-order valence-corrected chi connectivity index (χ3v) is 4.92. The summed E-state index contributed by atoms with van der Waals surface area (Å²) in [6, 6.07) is 6.76. The van der Waals surface area contributed by atoms with Crippen molar-refractivity contribution in [2.75, 3.05) is 0 Å². The fourth-order valence-electron chi connectivity index (χ4n) is 2.49. The second-order valence-electron chi connectivity index (χ2n) is 5.13. The number of benzene rings is 1. The summed E-state index contributed by atoms with van der Waals surface area (Å²) in [6.07, 6.45) is 5.26. The van der Waals surface area contributed by atoms with Crippen LogP contribution in [0.5, 0.6) is 0 Å². The van der Waals surface area contributed by atoms with Crippen LogP contribution in [0.2, 0.25) is 0 Å². The smallest absolute Gasteiger partial charge is 0.140 e. The molecule has 1 aliphatic carbocycles. The van der Waals surface area contributed by atoms with Crippen molar-refractivity contribution in [3.63, 3.8) is 0 Å². The molecule has 3 heteroatoms. The SMILES string of the molecule is CC1CCCC(SCc2ccc(F)c(C#N)c2)C1. The van der Waals surface area contributed by atoms with Crippen molar-refractivity contribution in [2.45, 2.75) is 43.6 Å². The molecule has 1 aromatic carbocycles. The average Bonchev–Trinajstić information content (AvgIpc) is 2.38. The van der Waals surface area contributed by atoms with Crippen LogP contribution in [0, 0.1) is 23.1 Å². The van der Waals surface area contributed by atoms with Crippen LogP contribution in [0.3, 0.4) is 0 Å². The third-order valence-electron chi connectivity index (χ3n) is 3.53. The van der Waals surface area contributed by atoms with Crippen LogP contribution in [-0.4, -0.2) is 5.25 Å². The Morgan fingerprint density at radius 2 is 2.28 bits per heavy atom. The highest BCUT2D eigenvalue weighted by Gasteiger charge is 2.19. The first kappa shape index (κ1) is 13.4. The van der Waals surface area contributed by atoms with Gasteiger partial charge in [-0.2, -0.15) is 17.0 Å². The molecule has 0 bridgehead atoms. The highest BCUT2D eigenvalue weighted by Crippen LogP contribution is 2.33. The zero-order chi connectivity index (χ0) is 13.0. The minimum absolute atomic E-state index is 0.158. The number of rotatable bonds is 3. The Labute approximate surface area is 112 Å². The monoisotopic (exact) mass is 263 g/mol. The van der Waals surface area contributed by atoms with Crippen molar-refractivity contribution in [1.82, 2.24) is 0 Å². The van der Waals surface area contributed by atoms with E-state index < -0.39 is 5.82 Å². The van der Waals surface area contributed by atoms with Gasteiger partial charge in [0, 0.05) is 11.0 Å². The topological polar surface area (TPSA) is 23.8 Å². The number of nitriles is 1. The van der Waals surface area contributed by atoms with Gasteiger partial charge in [-0.05, 0) is 36.5 Å². The molecule has 0 N–H and O–H groups in total. The van der Waals surface area contributed by atoms with Crippen LogP contribution in [0.15, 0.2) is 18.2 Å². The molecule has 2 unspecified atom stereocenters. The van der Waals surface area contributed by atoms with Gasteiger partial charge in [0.25, 0.3) is 0 Å². The van der Waals surface area contributed by atoms with E-state index in [0.29, 0.717) is 0 Å². The first-order chi connectivity index (χ1) is 8.69. The summed E-state index contributed by atoms with van der Waals surface area (Å²) < 4.78 is 13.2. The number of thioether (sulfide) groups is 1. The quantitative estimate of drug-likeness (QED) is 0.801. The second-order valence-corrected chi connectivity index (χ2v) is 6.42. The van der Waals surface area contributed by atoms with Gasteiger partial charge in [-0.25, -0.2) is 4.39 Å². The van der Waals surface area contributed by atoms with Gasteiger partial charge >= 0.3 is 0 Å². The first-order valence-corrected chi connectivity index (χ1v) is 7.54. The molecule has 0 radical (unpaired) electrons. The van der Waals surface area contributed by atoms with Gasteiger partial charge in [-0.15, -0.1) is 0 Å². The molecule has 0 amide bonds. The van der Waals surface area contributed by atoms with Gasteiger partial charge < -0.3 is 0 Å². The third kappa shape index (κ3) is 3.49. The highest BCUT2D eigenvalue weighted by atomic mass is 32.2. The lowest BCUT2D eigenvalue weighted by atomic mass is 9.91. The first-order valence-electron chi connectivity index (χ1n) is 6.49. The maximum absolute atomic E-state index is 13.2. The molecule has 0 saturated heterocycles. The molecule has 0 aromatic heterocycles. The maximum atomic E-state index is 13.2. The molecular formula is C15H18FNS. The molecule has 0 spiro atoms. The molecule has 1 nitrogen and oxygen atoms in total. The normalized spacial score (nSPS) is 23.6. The van der Waals surface area contributed by atoms with Gasteiger partial charge in [0.15, 0.2) is 0 Å². The lowest BCUT2D eigenvalue weighted by Crippen LogP contribution is -2.15. The van der Waals surface area contributed by atoms with E-state index in [1.807, 2.05) is 17.8 Å². The molecule has 1 aliphatic rings. The number of halogens is 1. The van der Waals surface area contributed by atoms with Gasteiger partial charge in [0.2, 0.25) is 0 Å². The molecule has 2 rings (SSSR count). The van der Waals surface area contributed by atoms with Crippen molar-refractivity contribution in [3.05, 3.63) is 35.1 Å². The summed E-state index contributed by atoms with van der Waals surface area (Å²) in [4.78, 5) is 0. The van der Waals surface area contributed by atoms with E-state index in [0.717, 1.165) is 22.5 Å². The van der Waals surface area contributed by atoms with E-state index >= 15 is 0 Å². The molecule has 18 heavy (non-hydrogen) atoms. The van der Waals surface area contributed by atoms with Crippen molar-refractivity contribution in [2.24, 2.45) is 5.92 Å². The Morgan fingerprint density at radius 1 is 1.44 bits per heavy atom. The Bertz CT molecular complexity index is 452. The van der Waals surface area contributed by atoms with Crippen molar-refractivity contribution < 1.29 is 4.39 Å². The Balaban J connectivity index is 1.92. The summed E-state index contributed by atoms with van der Waals surface area (Å²) in [5.41, 5.74) is 1.21. The van der Waals surface area contributed by atoms with Crippen molar-refractivity contribution >= 4 is 11.8 Å². The van der Waals surface area contributed by atoms with Gasteiger partial charge in [0.1, 0.15) is 11.9 Å². The van der Waals surface area contributed by atoms with E-state index in [1.165, 1.54) is 31.7 Å². The minimum Gasteiger partial charge on any atom is -0.206 e. The fraction of sp³-hybridized carbons (Fsp3) is 0.533. The molecule has 1 saturated carbocycles. The molecular weight excluding hydrogens is 245 g/mol. The Morgan fingerprint density at radius 3 is 3.00 bits per heavy atom. The summed E-state index contributed by atoms with van der Waals surface area (Å²) in [5.74, 6) is 1.29.